The Morgan fingerprint density at radius 1 is 0.967 bits per heavy atom. The highest BCUT2D eigenvalue weighted by atomic mass is 79.9. The van der Waals surface area contributed by atoms with Gasteiger partial charge in [-0.05, 0) is 52.3 Å². The van der Waals surface area contributed by atoms with Crippen LogP contribution in [0, 0.1) is 0 Å². The molecule has 0 aliphatic rings. The number of phenols is 1. The normalized spacial score (nSPS) is 10.7. The fourth-order valence-corrected chi connectivity index (χ4v) is 4.03. The van der Waals surface area contributed by atoms with Crippen LogP contribution in [0.5, 0.6) is 5.75 Å². The van der Waals surface area contributed by atoms with Gasteiger partial charge in [0.15, 0.2) is 11.0 Å². The van der Waals surface area contributed by atoms with Crippen molar-refractivity contribution in [1.82, 2.24) is 14.8 Å². The van der Waals surface area contributed by atoms with Crippen LogP contribution in [-0.2, 0) is 4.79 Å². The predicted molar refractivity (Wildman–Crippen MR) is 122 cm³/mol. The fourth-order valence-electron chi connectivity index (χ4n) is 2.89. The van der Waals surface area contributed by atoms with Gasteiger partial charge in [-0.3, -0.25) is 9.36 Å². The highest BCUT2D eigenvalue weighted by Gasteiger charge is 2.19. The molecule has 3 aromatic carbocycles. The van der Waals surface area contributed by atoms with Crippen LogP contribution in [0.1, 0.15) is 0 Å². The Morgan fingerprint density at radius 3 is 2.43 bits per heavy atom. The molecule has 4 rings (SSSR count). The van der Waals surface area contributed by atoms with Crippen molar-refractivity contribution in [3.8, 4) is 22.8 Å². The number of phenolic OH excluding ortho intramolecular Hbond substituents is 1. The van der Waals surface area contributed by atoms with Gasteiger partial charge in [0.05, 0.1) is 17.0 Å². The molecule has 0 aliphatic carbocycles. The molecule has 4 aromatic rings. The molecule has 1 aromatic heterocycles. The lowest BCUT2D eigenvalue weighted by Crippen LogP contribution is -2.15. The molecule has 0 saturated heterocycles. The number of carbonyl (C=O) groups is 1. The Hall–Kier alpha value is -3.10. The van der Waals surface area contributed by atoms with Gasteiger partial charge < -0.3 is 10.4 Å². The molecule has 0 fully saturated rings. The number of hydrogen-bond acceptors (Lipinski definition) is 5. The summed E-state index contributed by atoms with van der Waals surface area (Å²) in [6, 6.07) is 24.0. The zero-order valence-electron chi connectivity index (χ0n) is 15.7. The summed E-state index contributed by atoms with van der Waals surface area (Å²) in [6.07, 6.45) is 0. The zero-order chi connectivity index (χ0) is 20.9. The number of benzene rings is 3. The van der Waals surface area contributed by atoms with Crippen LogP contribution in [-0.4, -0.2) is 31.5 Å². The molecule has 0 radical (unpaired) electrons. The molecule has 0 aliphatic heterocycles. The predicted octanol–water partition coefficient (Wildman–Crippen LogP) is 5.13. The van der Waals surface area contributed by atoms with Crippen molar-refractivity contribution in [2.75, 3.05) is 11.1 Å². The van der Waals surface area contributed by atoms with Crippen molar-refractivity contribution < 1.29 is 9.90 Å². The van der Waals surface area contributed by atoms with Gasteiger partial charge in [-0.25, -0.2) is 0 Å². The van der Waals surface area contributed by atoms with Crippen molar-refractivity contribution >= 4 is 39.3 Å². The Morgan fingerprint density at radius 2 is 1.67 bits per heavy atom. The number of nitrogens with zero attached hydrogens (tertiary/aromatic N) is 3. The molecule has 0 unspecified atom stereocenters. The summed E-state index contributed by atoms with van der Waals surface area (Å²) < 4.78 is 2.66. The van der Waals surface area contributed by atoms with E-state index < -0.39 is 0 Å². The number of para-hydroxylation sites is 3. The summed E-state index contributed by atoms with van der Waals surface area (Å²) in [5.74, 6) is 0.629. The van der Waals surface area contributed by atoms with E-state index >= 15 is 0 Å². The van der Waals surface area contributed by atoms with E-state index in [1.807, 2.05) is 65.2 Å². The van der Waals surface area contributed by atoms with E-state index in [2.05, 4.69) is 31.4 Å². The number of rotatable bonds is 6. The average Bonchev–Trinajstić information content (AvgIpc) is 3.18. The third-order valence-corrected chi connectivity index (χ3v) is 5.89. The summed E-state index contributed by atoms with van der Waals surface area (Å²) in [7, 11) is 0. The Balaban J connectivity index is 1.61. The van der Waals surface area contributed by atoms with Gasteiger partial charge in [0.25, 0.3) is 0 Å². The lowest BCUT2D eigenvalue weighted by atomic mass is 10.2. The number of carbonyl (C=O) groups excluding carboxylic acids is 1. The Bertz CT molecular complexity index is 1180. The van der Waals surface area contributed by atoms with Gasteiger partial charge in [-0.2, -0.15) is 0 Å². The highest BCUT2D eigenvalue weighted by Crippen LogP contribution is 2.32. The second-order valence-corrected chi connectivity index (χ2v) is 8.11. The van der Waals surface area contributed by atoms with Crippen LogP contribution >= 0.6 is 27.7 Å². The van der Waals surface area contributed by atoms with Gasteiger partial charge in [0, 0.05) is 10.2 Å². The van der Waals surface area contributed by atoms with Crippen LogP contribution < -0.4 is 5.32 Å². The van der Waals surface area contributed by atoms with Gasteiger partial charge in [-0.1, -0.05) is 54.2 Å². The summed E-state index contributed by atoms with van der Waals surface area (Å²) in [4.78, 5) is 12.5. The number of aromatic hydroxyl groups is 1. The quantitative estimate of drug-likeness (QED) is 0.373. The SMILES string of the molecule is O=C(CSc1nnc(-c2ccccc2O)n1-c1ccccc1)Nc1ccccc1Br. The second kappa shape index (κ2) is 9.15. The lowest BCUT2D eigenvalue weighted by molar-refractivity contribution is -0.113. The van der Waals surface area contributed by atoms with E-state index in [0.717, 1.165) is 10.2 Å². The molecule has 0 spiro atoms. The summed E-state index contributed by atoms with van der Waals surface area (Å²) in [5.41, 5.74) is 2.12. The summed E-state index contributed by atoms with van der Waals surface area (Å²) in [5, 5.41) is 22.3. The summed E-state index contributed by atoms with van der Waals surface area (Å²) in [6.45, 7) is 0. The first-order valence-corrected chi connectivity index (χ1v) is 10.9. The van der Waals surface area contributed by atoms with Crippen molar-refractivity contribution in [2.24, 2.45) is 0 Å². The maximum Gasteiger partial charge on any atom is 0.234 e. The van der Waals surface area contributed by atoms with E-state index in [1.165, 1.54) is 11.8 Å². The maximum absolute atomic E-state index is 12.5. The monoisotopic (exact) mass is 480 g/mol. The topological polar surface area (TPSA) is 80.0 Å². The third-order valence-electron chi connectivity index (χ3n) is 4.27. The van der Waals surface area contributed by atoms with E-state index in [4.69, 9.17) is 0 Å². The second-order valence-electron chi connectivity index (χ2n) is 6.31. The molecule has 0 saturated carbocycles. The number of hydrogen-bond donors (Lipinski definition) is 2. The van der Waals surface area contributed by atoms with Crippen LogP contribution in [0.4, 0.5) is 5.69 Å². The standard InChI is InChI=1S/C22H17BrN4O2S/c23-17-11-5-6-12-18(17)24-20(29)14-30-22-26-25-21(16-10-4-7-13-19(16)28)27(22)15-8-2-1-3-9-15/h1-13,28H,14H2,(H,24,29). The van der Waals surface area contributed by atoms with E-state index in [1.54, 1.807) is 18.2 Å². The minimum atomic E-state index is -0.154. The molecule has 0 atom stereocenters. The van der Waals surface area contributed by atoms with Crippen LogP contribution in [0.15, 0.2) is 88.5 Å². The van der Waals surface area contributed by atoms with E-state index in [9.17, 15) is 9.90 Å². The molecule has 6 nitrogen and oxygen atoms in total. The van der Waals surface area contributed by atoms with Crippen molar-refractivity contribution in [1.29, 1.82) is 0 Å². The van der Waals surface area contributed by atoms with Crippen LogP contribution in [0.3, 0.4) is 0 Å². The summed E-state index contributed by atoms with van der Waals surface area (Å²) >= 11 is 4.70. The van der Waals surface area contributed by atoms with Crippen molar-refractivity contribution in [3.05, 3.63) is 83.3 Å². The number of amides is 1. The van der Waals surface area contributed by atoms with Gasteiger partial charge in [-0.15, -0.1) is 10.2 Å². The molecule has 1 amide bonds. The Kier molecular flexibility index (Phi) is 6.15. The molecular formula is C22H17BrN4O2S. The maximum atomic E-state index is 12.5. The van der Waals surface area contributed by atoms with Crippen LogP contribution in [0.2, 0.25) is 0 Å². The van der Waals surface area contributed by atoms with Gasteiger partial charge >= 0.3 is 0 Å². The fraction of sp³-hybridized carbons (Fsp3) is 0.0455. The molecule has 150 valence electrons. The van der Waals surface area contributed by atoms with Crippen LogP contribution in [0.25, 0.3) is 17.1 Å². The third kappa shape index (κ3) is 4.39. The largest absolute Gasteiger partial charge is 0.507 e. The smallest absolute Gasteiger partial charge is 0.234 e. The number of anilines is 1. The number of thioether (sulfide) groups is 1. The molecular weight excluding hydrogens is 464 g/mol. The molecule has 30 heavy (non-hydrogen) atoms. The average molecular weight is 481 g/mol. The first-order valence-electron chi connectivity index (χ1n) is 9.10. The number of aromatic nitrogens is 3. The first kappa shape index (κ1) is 20.2. The van der Waals surface area contributed by atoms with E-state index in [-0.39, 0.29) is 17.4 Å². The lowest BCUT2D eigenvalue weighted by Gasteiger charge is -2.11. The zero-order valence-corrected chi connectivity index (χ0v) is 18.1. The van der Waals surface area contributed by atoms with E-state index in [0.29, 0.717) is 22.2 Å². The molecule has 8 heteroatoms. The first-order chi connectivity index (χ1) is 14.6. The number of halogens is 1. The minimum Gasteiger partial charge on any atom is -0.507 e. The molecule has 1 heterocycles. The van der Waals surface area contributed by atoms with Crippen molar-refractivity contribution in [3.63, 3.8) is 0 Å². The Labute approximate surface area is 186 Å². The number of nitrogens with one attached hydrogen (secondary N) is 1. The van der Waals surface area contributed by atoms with Gasteiger partial charge in [0.1, 0.15) is 5.75 Å². The van der Waals surface area contributed by atoms with Crippen molar-refractivity contribution in [2.45, 2.75) is 5.16 Å². The highest BCUT2D eigenvalue weighted by molar-refractivity contribution is 9.10. The molecule has 2 N–H and O–H groups in total. The van der Waals surface area contributed by atoms with Gasteiger partial charge in [0.2, 0.25) is 5.91 Å². The molecule has 0 bridgehead atoms. The minimum absolute atomic E-state index is 0.116.